The minimum absolute atomic E-state index is 0.0608. The Morgan fingerprint density at radius 1 is 1.02 bits per heavy atom. The molecular formula is C32H36F3N4O3S-. The molecule has 0 saturated carbocycles. The van der Waals surface area contributed by atoms with E-state index in [9.17, 15) is 26.7 Å². The second kappa shape index (κ2) is 12.4. The van der Waals surface area contributed by atoms with E-state index in [0.29, 0.717) is 18.4 Å². The third kappa shape index (κ3) is 6.49. The van der Waals surface area contributed by atoms with Crippen LogP contribution < -0.4 is 4.90 Å². The lowest BCUT2D eigenvalue weighted by atomic mass is 9.99. The first-order valence-corrected chi connectivity index (χ1v) is 15.5. The maximum Gasteiger partial charge on any atom is 0.416 e. The third-order valence-electron chi connectivity index (χ3n) is 8.78. The van der Waals surface area contributed by atoms with Crippen LogP contribution in [-0.4, -0.2) is 62.7 Å². The molecule has 43 heavy (non-hydrogen) atoms. The zero-order valence-corrected chi connectivity index (χ0v) is 25.5. The van der Waals surface area contributed by atoms with Crippen molar-refractivity contribution in [1.29, 1.82) is 0 Å². The van der Waals surface area contributed by atoms with Gasteiger partial charge < -0.3 is 14.4 Å². The van der Waals surface area contributed by atoms with Crippen LogP contribution in [0.2, 0.25) is 0 Å². The molecule has 2 aromatic carbocycles. The van der Waals surface area contributed by atoms with E-state index in [1.807, 2.05) is 27.0 Å². The minimum Gasteiger partial charge on any atom is -0.771 e. The topological polar surface area (TPSA) is 79.8 Å². The number of carbonyl (C=O) groups excluding carboxylic acids is 1. The Kier molecular flexibility index (Phi) is 8.97. The van der Waals surface area contributed by atoms with Crippen molar-refractivity contribution in [3.63, 3.8) is 0 Å². The van der Waals surface area contributed by atoms with Gasteiger partial charge in [0.15, 0.2) is 0 Å². The van der Waals surface area contributed by atoms with Crippen LogP contribution in [0.4, 0.5) is 18.9 Å². The van der Waals surface area contributed by atoms with Gasteiger partial charge >= 0.3 is 6.18 Å². The van der Waals surface area contributed by atoms with Crippen molar-refractivity contribution in [2.24, 2.45) is 0 Å². The maximum absolute atomic E-state index is 13.8. The first kappa shape index (κ1) is 31.2. The molecule has 230 valence electrons. The molecule has 1 aliphatic heterocycles. The highest BCUT2D eigenvalue weighted by atomic mass is 32.2. The van der Waals surface area contributed by atoms with E-state index in [2.05, 4.69) is 22.0 Å². The van der Waals surface area contributed by atoms with E-state index in [0.717, 1.165) is 60.2 Å². The van der Waals surface area contributed by atoms with Crippen LogP contribution >= 0.6 is 0 Å². The molecule has 3 unspecified atom stereocenters. The summed E-state index contributed by atoms with van der Waals surface area (Å²) in [6.07, 6.45) is -1.89. The summed E-state index contributed by atoms with van der Waals surface area (Å²) in [6.45, 7) is 5.59. The van der Waals surface area contributed by atoms with Gasteiger partial charge in [0.2, 0.25) is 0 Å². The molecule has 0 spiro atoms. The SMILES string of the molecule is Cc1cc(N2CCC(N(C)C(=O)c3ccc4c(c3)C(N(C)C(c3ccccc3C(F)(F)F)S(=O)[O-])CC4)CC2)cc(C)n1. The van der Waals surface area contributed by atoms with Crippen LogP contribution in [0.3, 0.4) is 0 Å². The van der Waals surface area contributed by atoms with Gasteiger partial charge in [0, 0.05) is 54.9 Å². The molecule has 0 N–H and O–H groups in total. The number of carbonyl (C=O) groups is 1. The molecule has 1 aliphatic carbocycles. The molecule has 5 rings (SSSR count). The van der Waals surface area contributed by atoms with Crippen molar-refractivity contribution in [2.45, 2.75) is 63.2 Å². The first-order valence-electron chi connectivity index (χ1n) is 14.4. The van der Waals surface area contributed by atoms with Crippen molar-refractivity contribution in [1.82, 2.24) is 14.8 Å². The molecule has 1 saturated heterocycles. The third-order valence-corrected chi connectivity index (χ3v) is 9.73. The van der Waals surface area contributed by atoms with E-state index >= 15 is 0 Å². The van der Waals surface area contributed by atoms with Crippen LogP contribution in [-0.2, 0) is 23.7 Å². The average molecular weight is 614 g/mol. The van der Waals surface area contributed by atoms with Gasteiger partial charge in [-0.15, -0.1) is 0 Å². The summed E-state index contributed by atoms with van der Waals surface area (Å²) in [5.41, 5.74) is 4.03. The zero-order chi connectivity index (χ0) is 31.1. The number of rotatable bonds is 7. The van der Waals surface area contributed by atoms with Gasteiger partial charge in [0.1, 0.15) is 0 Å². The zero-order valence-electron chi connectivity index (χ0n) is 24.7. The van der Waals surface area contributed by atoms with Crippen LogP contribution in [0.15, 0.2) is 54.6 Å². The lowest BCUT2D eigenvalue weighted by molar-refractivity contribution is -0.138. The van der Waals surface area contributed by atoms with E-state index in [1.165, 1.54) is 30.1 Å². The summed E-state index contributed by atoms with van der Waals surface area (Å²) in [4.78, 5) is 23.7. The highest BCUT2D eigenvalue weighted by molar-refractivity contribution is 7.79. The lowest BCUT2D eigenvalue weighted by Crippen LogP contribution is -2.45. The molecule has 11 heteroatoms. The fourth-order valence-corrected chi connectivity index (χ4v) is 7.44. The van der Waals surface area contributed by atoms with Gasteiger partial charge in [-0.1, -0.05) is 24.3 Å². The maximum atomic E-state index is 13.8. The lowest BCUT2D eigenvalue weighted by Gasteiger charge is -2.38. The number of benzene rings is 2. The summed E-state index contributed by atoms with van der Waals surface area (Å²) < 4.78 is 66.2. The molecular weight excluding hydrogens is 577 g/mol. The molecule has 2 aliphatic rings. The number of anilines is 1. The van der Waals surface area contributed by atoms with Gasteiger partial charge in [-0.05, 0) is 105 Å². The second-order valence-electron chi connectivity index (χ2n) is 11.6. The number of aromatic nitrogens is 1. The number of aryl methyl sites for hydroxylation is 3. The van der Waals surface area contributed by atoms with E-state index < -0.39 is 34.2 Å². The van der Waals surface area contributed by atoms with E-state index in [-0.39, 0.29) is 17.5 Å². The van der Waals surface area contributed by atoms with Crippen LogP contribution in [0.1, 0.15) is 74.7 Å². The van der Waals surface area contributed by atoms with E-state index in [1.54, 1.807) is 17.0 Å². The Bertz CT molecular complexity index is 1500. The number of amides is 1. The Labute approximate surface area is 253 Å². The summed E-state index contributed by atoms with van der Waals surface area (Å²) in [5, 5.41) is -1.51. The number of hydrogen-bond acceptors (Lipinski definition) is 6. The quantitative estimate of drug-likeness (QED) is 0.306. The van der Waals surface area contributed by atoms with Crippen LogP contribution in [0.25, 0.3) is 0 Å². The normalized spacial score (nSPS) is 18.9. The predicted octanol–water partition coefficient (Wildman–Crippen LogP) is 5.96. The van der Waals surface area contributed by atoms with Crippen molar-refractivity contribution < 1.29 is 26.7 Å². The number of fused-ring (bicyclic) bond motifs is 1. The van der Waals surface area contributed by atoms with Crippen molar-refractivity contribution in [2.75, 3.05) is 32.1 Å². The fraction of sp³-hybridized carbons (Fsp3) is 0.438. The van der Waals surface area contributed by atoms with Crippen molar-refractivity contribution in [3.05, 3.63) is 93.8 Å². The first-order chi connectivity index (χ1) is 20.3. The summed E-state index contributed by atoms with van der Waals surface area (Å²) in [6, 6.07) is 14.0. The number of alkyl halides is 3. The molecule has 7 nitrogen and oxygen atoms in total. The van der Waals surface area contributed by atoms with Gasteiger partial charge in [-0.2, -0.15) is 13.2 Å². The molecule has 3 atom stereocenters. The molecule has 3 aromatic rings. The monoisotopic (exact) mass is 613 g/mol. The molecule has 1 aromatic heterocycles. The van der Waals surface area contributed by atoms with Crippen molar-refractivity contribution >= 4 is 22.7 Å². The number of nitrogens with zero attached hydrogens (tertiary/aromatic N) is 4. The largest absolute Gasteiger partial charge is 0.771 e. The van der Waals surface area contributed by atoms with Gasteiger partial charge in [-0.25, -0.2) is 0 Å². The molecule has 1 fully saturated rings. The standard InChI is InChI=1S/C32H37F3N4O3S/c1-20-17-25(18-21(2)36-20)39-15-13-24(14-16-39)37(3)30(40)23-10-9-22-11-12-29(27(22)19-23)38(4)31(43(41)42)26-7-5-6-8-28(26)32(33,34)35/h5-10,17-19,24,29,31H,11-16H2,1-4H3,(H,41,42)/p-1. The number of piperidine rings is 1. The average Bonchev–Trinajstić information content (AvgIpc) is 3.39. The smallest absolute Gasteiger partial charge is 0.416 e. The summed E-state index contributed by atoms with van der Waals surface area (Å²) in [7, 11) is 3.35. The minimum atomic E-state index is -4.70. The molecule has 2 heterocycles. The van der Waals surface area contributed by atoms with Crippen LogP contribution in [0.5, 0.6) is 0 Å². The molecule has 1 amide bonds. The van der Waals surface area contributed by atoms with E-state index in [4.69, 9.17) is 0 Å². The number of hydrogen-bond donors (Lipinski definition) is 0. The summed E-state index contributed by atoms with van der Waals surface area (Å²) in [5.74, 6) is -0.128. The Morgan fingerprint density at radius 2 is 1.67 bits per heavy atom. The second-order valence-corrected chi connectivity index (χ2v) is 12.5. The highest BCUT2D eigenvalue weighted by Gasteiger charge is 2.39. The highest BCUT2D eigenvalue weighted by Crippen LogP contribution is 2.43. The van der Waals surface area contributed by atoms with Crippen LogP contribution in [0, 0.1) is 13.8 Å². The van der Waals surface area contributed by atoms with Gasteiger partial charge in [0.05, 0.1) is 10.9 Å². The summed E-state index contributed by atoms with van der Waals surface area (Å²) >= 11 is -2.85. The Hall–Kier alpha value is -3.28. The van der Waals surface area contributed by atoms with Gasteiger partial charge in [-0.3, -0.25) is 18.9 Å². The van der Waals surface area contributed by atoms with Crippen molar-refractivity contribution in [3.8, 4) is 0 Å². The number of pyridine rings is 1. The molecule has 0 bridgehead atoms. The molecule has 0 radical (unpaired) electrons. The number of halogens is 3. The Balaban J connectivity index is 1.33. The predicted molar refractivity (Wildman–Crippen MR) is 159 cm³/mol. The van der Waals surface area contributed by atoms with Gasteiger partial charge in [0.25, 0.3) is 5.91 Å². The fourth-order valence-electron chi connectivity index (χ4n) is 6.61. The Morgan fingerprint density at radius 3 is 2.30 bits per heavy atom.